The highest BCUT2D eigenvalue weighted by Gasteiger charge is 2.24. The van der Waals surface area contributed by atoms with E-state index in [2.05, 4.69) is 32.4 Å². The first-order valence-corrected chi connectivity index (χ1v) is 9.10. The van der Waals surface area contributed by atoms with Gasteiger partial charge in [-0.15, -0.1) is 11.3 Å². The zero-order valence-corrected chi connectivity index (χ0v) is 14.6. The van der Waals surface area contributed by atoms with Crippen molar-refractivity contribution in [2.45, 2.75) is 24.8 Å². The molecular weight excluding hydrogens is 344 g/mol. The largest absolute Gasteiger partial charge is 0.351 e. The molecule has 0 aliphatic heterocycles. The number of rotatable bonds is 5. The lowest BCUT2D eigenvalue weighted by Crippen LogP contribution is -2.08. The van der Waals surface area contributed by atoms with Gasteiger partial charge in [-0.2, -0.15) is 10.5 Å². The maximum atomic E-state index is 9.67. The van der Waals surface area contributed by atoms with Crippen LogP contribution in [0.1, 0.15) is 35.0 Å². The second kappa shape index (κ2) is 6.91. The summed E-state index contributed by atoms with van der Waals surface area (Å²) in [6, 6.07) is 13.9. The molecule has 26 heavy (non-hydrogen) atoms. The van der Waals surface area contributed by atoms with Gasteiger partial charge in [-0.25, -0.2) is 15.0 Å². The minimum absolute atomic E-state index is 0.452. The molecule has 6 nitrogen and oxygen atoms in total. The maximum absolute atomic E-state index is 9.67. The quantitative estimate of drug-likeness (QED) is 0.746. The molecule has 1 unspecified atom stereocenters. The van der Waals surface area contributed by atoms with Crippen LogP contribution in [-0.2, 0) is 0 Å². The molecule has 1 aromatic carbocycles. The molecule has 0 saturated heterocycles. The molecule has 4 rings (SSSR count). The van der Waals surface area contributed by atoms with Crippen molar-refractivity contribution < 1.29 is 0 Å². The molecule has 1 saturated carbocycles. The van der Waals surface area contributed by atoms with Gasteiger partial charge < -0.3 is 5.32 Å². The Morgan fingerprint density at radius 2 is 1.92 bits per heavy atom. The predicted molar refractivity (Wildman–Crippen MR) is 98.4 cm³/mol. The summed E-state index contributed by atoms with van der Waals surface area (Å²) in [6.07, 6.45) is 3.94. The lowest BCUT2D eigenvalue weighted by molar-refractivity contribution is 0.922. The first-order chi connectivity index (χ1) is 12.8. The number of thiazole rings is 1. The average Bonchev–Trinajstić information content (AvgIpc) is 3.36. The first-order valence-electron chi connectivity index (χ1n) is 8.22. The number of benzene rings is 1. The van der Waals surface area contributed by atoms with Crippen LogP contribution < -0.4 is 5.32 Å². The van der Waals surface area contributed by atoms with Crippen LogP contribution in [-0.4, -0.2) is 21.0 Å². The second-order valence-corrected chi connectivity index (χ2v) is 6.94. The molecule has 3 aromatic rings. The minimum atomic E-state index is -0.533. The van der Waals surface area contributed by atoms with Gasteiger partial charge in [0.15, 0.2) is 0 Å². The lowest BCUT2D eigenvalue weighted by atomic mass is 10.1. The zero-order valence-electron chi connectivity index (χ0n) is 13.8. The first kappa shape index (κ1) is 16.2. The number of hydrogen-bond acceptors (Lipinski definition) is 7. The number of nitrogens with one attached hydrogen (secondary N) is 1. The molecule has 0 amide bonds. The molecule has 2 heterocycles. The van der Waals surface area contributed by atoms with Gasteiger partial charge in [0.2, 0.25) is 5.95 Å². The van der Waals surface area contributed by atoms with E-state index in [-0.39, 0.29) is 0 Å². The average molecular weight is 358 g/mol. The molecule has 1 N–H and O–H groups in total. The zero-order chi connectivity index (χ0) is 17.9. The van der Waals surface area contributed by atoms with E-state index >= 15 is 0 Å². The highest BCUT2D eigenvalue weighted by atomic mass is 32.1. The Bertz CT molecular complexity index is 1010. The van der Waals surface area contributed by atoms with E-state index in [9.17, 15) is 5.26 Å². The van der Waals surface area contributed by atoms with E-state index in [0.717, 1.165) is 24.1 Å². The molecule has 0 bridgehead atoms. The normalized spacial score (nSPS) is 14.2. The summed E-state index contributed by atoms with van der Waals surface area (Å²) in [5.74, 6) is 0.0315. The van der Waals surface area contributed by atoms with Crippen LogP contribution >= 0.6 is 11.3 Å². The summed E-state index contributed by atoms with van der Waals surface area (Å²) >= 11 is 1.43. The summed E-state index contributed by atoms with van der Waals surface area (Å²) < 4.78 is 0. The standard InChI is InChI=1S/C19H14N6S/c20-9-12-1-3-13(4-2-12)17-11-26-18(24-17)15(10-21)16-7-8-22-19(25-16)23-14-5-6-14/h1-4,7-8,11,14-15H,5-6H2,(H,22,23,25). The van der Waals surface area contributed by atoms with Crippen molar-refractivity contribution in [3.05, 3.63) is 58.2 Å². The Labute approximate surface area is 154 Å². The number of hydrogen-bond donors (Lipinski definition) is 1. The SMILES string of the molecule is N#Cc1ccc(-c2csc(C(C#N)c3ccnc(NC4CC4)n3)n2)cc1. The number of nitrogens with zero attached hydrogens (tertiary/aromatic N) is 5. The van der Waals surface area contributed by atoms with Crippen molar-refractivity contribution >= 4 is 17.3 Å². The Kier molecular flexibility index (Phi) is 4.30. The van der Waals surface area contributed by atoms with Crippen LogP contribution in [0.25, 0.3) is 11.3 Å². The number of anilines is 1. The van der Waals surface area contributed by atoms with Gasteiger partial charge in [0.1, 0.15) is 10.9 Å². The highest BCUT2D eigenvalue weighted by molar-refractivity contribution is 7.10. The number of aromatic nitrogens is 3. The van der Waals surface area contributed by atoms with Gasteiger partial charge in [-0.05, 0) is 31.0 Å². The van der Waals surface area contributed by atoms with E-state index in [1.165, 1.54) is 11.3 Å². The van der Waals surface area contributed by atoms with Gasteiger partial charge in [0.05, 0.1) is 29.1 Å². The fourth-order valence-electron chi connectivity index (χ4n) is 2.53. The Morgan fingerprint density at radius 3 is 2.62 bits per heavy atom. The van der Waals surface area contributed by atoms with E-state index in [1.807, 2.05) is 17.5 Å². The summed E-state index contributed by atoms with van der Waals surface area (Å²) in [4.78, 5) is 13.3. The minimum Gasteiger partial charge on any atom is -0.351 e. The van der Waals surface area contributed by atoms with E-state index in [0.29, 0.717) is 28.3 Å². The van der Waals surface area contributed by atoms with Gasteiger partial charge in [-0.3, -0.25) is 0 Å². The Morgan fingerprint density at radius 1 is 1.12 bits per heavy atom. The second-order valence-electron chi connectivity index (χ2n) is 6.05. The summed E-state index contributed by atoms with van der Waals surface area (Å²) in [5.41, 5.74) is 2.96. The maximum Gasteiger partial charge on any atom is 0.223 e. The summed E-state index contributed by atoms with van der Waals surface area (Å²) in [6.45, 7) is 0. The van der Waals surface area contributed by atoms with Crippen LogP contribution in [0.2, 0.25) is 0 Å². The van der Waals surface area contributed by atoms with Gasteiger partial charge in [0, 0.05) is 23.2 Å². The summed E-state index contributed by atoms with van der Waals surface area (Å²) in [5, 5.41) is 24.4. The predicted octanol–water partition coefficient (Wildman–Crippen LogP) is 3.70. The van der Waals surface area contributed by atoms with Crippen molar-refractivity contribution in [3.63, 3.8) is 0 Å². The smallest absolute Gasteiger partial charge is 0.223 e. The molecule has 0 radical (unpaired) electrons. The third-order valence-electron chi connectivity index (χ3n) is 4.09. The van der Waals surface area contributed by atoms with Gasteiger partial charge in [0.25, 0.3) is 0 Å². The molecule has 7 heteroatoms. The highest BCUT2D eigenvalue weighted by Crippen LogP contribution is 2.30. The van der Waals surface area contributed by atoms with E-state index in [4.69, 9.17) is 5.26 Å². The monoisotopic (exact) mass is 358 g/mol. The van der Waals surface area contributed by atoms with Gasteiger partial charge in [-0.1, -0.05) is 12.1 Å². The summed E-state index contributed by atoms with van der Waals surface area (Å²) in [7, 11) is 0. The molecule has 1 aliphatic rings. The molecule has 1 fully saturated rings. The van der Waals surface area contributed by atoms with Crippen LogP contribution in [0.15, 0.2) is 41.9 Å². The van der Waals surface area contributed by atoms with E-state index < -0.39 is 5.92 Å². The van der Waals surface area contributed by atoms with Crippen molar-refractivity contribution in [1.82, 2.24) is 15.0 Å². The molecule has 2 aromatic heterocycles. The molecular formula is C19H14N6S. The molecule has 0 spiro atoms. The Balaban J connectivity index is 1.60. The third-order valence-corrected chi connectivity index (χ3v) is 5.00. The molecule has 1 aliphatic carbocycles. The Hall–Kier alpha value is -3.29. The van der Waals surface area contributed by atoms with Gasteiger partial charge >= 0.3 is 0 Å². The van der Waals surface area contributed by atoms with Crippen molar-refractivity contribution in [2.24, 2.45) is 0 Å². The van der Waals surface area contributed by atoms with Crippen LogP contribution in [0.4, 0.5) is 5.95 Å². The third kappa shape index (κ3) is 3.39. The fraction of sp³-hybridized carbons (Fsp3) is 0.211. The lowest BCUT2D eigenvalue weighted by Gasteiger charge is -2.08. The van der Waals surface area contributed by atoms with Crippen LogP contribution in [0, 0.1) is 22.7 Å². The van der Waals surface area contributed by atoms with Crippen molar-refractivity contribution in [2.75, 3.05) is 5.32 Å². The molecule has 126 valence electrons. The van der Waals surface area contributed by atoms with Crippen molar-refractivity contribution in [1.29, 1.82) is 10.5 Å². The molecule has 1 atom stereocenters. The van der Waals surface area contributed by atoms with Crippen LogP contribution in [0.3, 0.4) is 0 Å². The fourth-order valence-corrected chi connectivity index (χ4v) is 3.41. The topological polar surface area (TPSA) is 98.3 Å². The number of nitriles is 2. The van der Waals surface area contributed by atoms with Crippen LogP contribution in [0.5, 0.6) is 0 Å². The van der Waals surface area contributed by atoms with Crippen molar-refractivity contribution in [3.8, 4) is 23.4 Å². The van der Waals surface area contributed by atoms with E-state index in [1.54, 1.807) is 24.4 Å².